The first-order valence-corrected chi connectivity index (χ1v) is 7.06. The summed E-state index contributed by atoms with van der Waals surface area (Å²) in [5.74, 6) is 0.855. The Labute approximate surface area is 122 Å². The first-order valence-electron chi connectivity index (χ1n) is 6.32. The van der Waals surface area contributed by atoms with Crippen LogP contribution in [0.1, 0.15) is 11.1 Å². The molecule has 0 N–H and O–H groups in total. The predicted octanol–water partition coefficient (Wildman–Crippen LogP) is 4.76. The van der Waals surface area contributed by atoms with Crippen molar-refractivity contribution in [3.8, 4) is 5.75 Å². The Morgan fingerprint density at radius 2 is 1.65 bits per heavy atom. The molecular weight excluding hydrogens is 268 g/mol. The molecule has 0 spiro atoms. The minimum absolute atomic E-state index is 0.855. The van der Waals surface area contributed by atoms with Crippen LogP contribution in [0.2, 0.25) is 0 Å². The van der Waals surface area contributed by atoms with Crippen LogP contribution in [0.3, 0.4) is 0 Å². The van der Waals surface area contributed by atoms with Gasteiger partial charge in [-0.05, 0) is 29.3 Å². The van der Waals surface area contributed by atoms with E-state index in [0.717, 1.165) is 16.2 Å². The molecular formula is C17H14O2S. The lowest BCUT2D eigenvalue weighted by Gasteiger charge is -2.15. The summed E-state index contributed by atoms with van der Waals surface area (Å²) in [7, 11) is 1.67. The van der Waals surface area contributed by atoms with E-state index in [1.54, 1.807) is 13.4 Å². The molecule has 3 rings (SSSR count). The molecule has 2 nitrogen and oxygen atoms in total. The van der Waals surface area contributed by atoms with Gasteiger partial charge < -0.3 is 8.92 Å². The Morgan fingerprint density at radius 3 is 2.35 bits per heavy atom. The Morgan fingerprint density at radius 1 is 0.900 bits per heavy atom. The van der Waals surface area contributed by atoms with Gasteiger partial charge in [0, 0.05) is 5.57 Å². The van der Waals surface area contributed by atoms with E-state index in [1.165, 1.54) is 23.2 Å². The van der Waals surface area contributed by atoms with Crippen molar-refractivity contribution in [1.29, 1.82) is 0 Å². The minimum atomic E-state index is 0.855. The van der Waals surface area contributed by atoms with E-state index in [1.807, 2.05) is 48.5 Å². The SMILES string of the molecule is COc1ccc(C2=C(c3ccccc3)C=COS2)cc1. The molecule has 0 fully saturated rings. The van der Waals surface area contributed by atoms with Crippen molar-refractivity contribution in [3.63, 3.8) is 0 Å². The number of benzene rings is 2. The summed E-state index contributed by atoms with van der Waals surface area (Å²) in [6.45, 7) is 0. The van der Waals surface area contributed by atoms with E-state index in [-0.39, 0.29) is 0 Å². The van der Waals surface area contributed by atoms with Gasteiger partial charge in [0.15, 0.2) is 0 Å². The van der Waals surface area contributed by atoms with Crippen molar-refractivity contribution in [2.24, 2.45) is 0 Å². The maximum absolute atomic E-state index is 5.39. The highest BCUT2D eigenvalue weighted by atomic mass is 32.2. The summed E-state index contributed by atoms with van der Waals surface area (Å²) in [5.41, 5.74) is 3.48. The molecule has 0 bridgehead atoms. The summed E-state index contributed by atoms with van der Waals surface area (Å²) < 4.78 is 10.6. The summed E-state index contributed by atoms with van der Waals surface area (Å²) in [5, 5.41) is 0. The van der Waals surface area contributed by atoms with Gasteiger partial charge in [0.1, 0.15) is 12.0 Å². The molecule has 0 aromatic heterocycles. The maximum atomic E-state index is 5.39. The van der Waals surface area contributed by atoms with Crippen LogP contribution in [0.25, 0.3) is 10.5 Å². The normalized spacial score (nSPS) is 14.1. The van der Waals surface area contributed by atoms with Gasteiger partial charge in [-0.3, -0.25) is 0 Å². The van der Waals surface area contributed by atoms with E-state index in [0.29, 0.717) is 0 Å². The monoisotopic (exact) mass is 282 g/mol. The van der Waals surface area contributed by atoms with Crippen LogP contribution >= 0.6 is 12.0 Å². The lowest BCUT2D eigenvalue weighted by molar-refractivity contribution is 0.415. The molecule has 2 aromatic rings. The van der Waals surface area contributed by atoms with Gasteiger partial charge in [0.25, 0.3) is 0 Å². The molecule has 3 heteroatoms. The molecule has 2 aromatic carbocycles. The molecule has 1 aliphatic heterocycles. The third-order valence-electron chi connectivity index (χ3n) is 3.10. The molecule has 100 valence electrons. The molecule has 20 heavy (non-hydrogen) atoms. The van der Waals surface area contributed by atoms with Crippen molar-refractivity contribution in [2.45, 2.75) is 0 Å². The average Bonchev–Trinajstić information content (AvgIpc) is 2.56. The third kappa shape index (κ3) is 2.58. The number of hydrogen-bond acceptors (Lipinski definition) is 3. The zero-order valence-corrected chi connectivity index (χ0v) is 11.9. The largest absolute Gasteiger partial charge is 0.497 e. The van der Waals surface area contributed by atoms with Gasteiger partial charge in [-0.1, -0.05) is 42.5 Å². The topological polar surface area (TPSA) is 18.5 Å². The highest BCUT2D eigenvalue weighted by molar-refractivity contribution is 8.04. The van der Waals surface area contributed by atoms with Gasteiger partial charge in [-0.25, -0.2) is 0 Å². The zero-order chi connectivity index (χ0) is 13.8. The molecule has 0 atom stereocenters. The lowest BCUT2D eigenvalue weighted by Crippen LogP contribution is -1.92. The number of hydrogen-bond donors (Lipinski definition) is 0. The zero-order valence-electron chi connectivity index (χ0n) is 11.1. The predicted molar refractivity (Wildman–Crippen MR) is 84.1 cm³/mol. The van der Waals surface area contributed by atoms with Crippen LogP contribution in [-0.2, 0) is 4.18 Å². The lowest BCUT2D eigenvalue weighted by atomic mass is 10.0. The smallest absolute Gasteiger partial charge is 0.118 e. The van der Waals surface area contributed by atoms with Crippen molar-refractivity contribution in [3.05, 3.63) is 78.1 Å². The Kier molecular flexibility index (Phi) is 3.79. The van der Waals surface area contributed by atoms with E-state index in [2.05, 4.69) is 12.1 Å². The van der Waals surface area contributed by atoms with Crippen LogP contribution in [0.5, 0.6) is 5.75 Å². The Balaban J connectivity index is 2.07. The first kappa shape index (κ1) is 12.9. The van der Waals surface area contributed by atoms with Gasteiger partial charge in [-0.15, -0.1) is 0 Å². The summed E-state index contributed by atoms with van der Waals surface area (Å²) in [6, 6.07) is 18.3. The average molecular weight is 282 g/mol. The van der Waals surface area contributed by atoms with Crippen LogP contribution in [0, 0.1) is 0 Å². The van der Waals surface area contributed by atoms with E-state index < -0.39 is 0 Å². The Bertz CT molecular complexity index is 642. The molecule has 0 radical (unpaired) electrons. The van der Waals surface area contributed by atoms with E-state index in [4.69, 9.17) is 8.92 Å². The Hall–Kier alpha value is -2.13. The molecule has 0 saturated carbocycles. The van der Waals surface area contributed by atoms with Crippen LogP contribution in [-0.4, -0.2) is 7.11 Å². The summed E-state index contributed by atoms with van der Waals surface area (Å²) in [6.07, 6.45) is 3.73. The summed E-state index contributed by atoms with van der Waals surface area (Å²) >= 11 is 1.38. The summed E-state index contributed by atoms with van der Waals surface area (Å²) in [4.78, 5) is 1.11. The third-order valence-corrected chi connectivity index (χ3v) is 3.93. The number of rotatable bonds is 3. The fraction of sp³-hybridized carbons (Fsp3) is 0.0588. The molecule has 0 amide bonds. The molecule has 0 unspecified atom stereocenters. The number of ether oxygens (including phenoxy) is 1. The fourth-order valence-electron chi connectivity index (χ4n) is 2.08. The van der Waals surface area contributed by atoms with E-state index in [9.17, 15) is 0 Å². The molecule has 0 aliphatic carbocycles. The quantitative estimate of drug-likeness (QED) is 0.756. The second kappa shape index (κ2) is 5.88. The van der Waals surface area contributed by atoms with Crippen molar-refractivity contribution in [1.82, 2.24) is 0 Å². The standard InChI is InChI=1S/C17H14O2S/c1-18-15-9-7-14(8-10-15)17-16(11-12-19-20-17)13-5-3-2-4-6-13/h2-12H,1H3. The first-order chi connectivity index (χ1) is 9.88. The number of methoxy groups -OCH3 is 1. The van der Waals surface area contributed by atoms with Gasteiger partial charge in [-0.2, -0.15) is 0 Å². The van der Waals surface area contributed by atoms with Gasteiger partial charge in [0.05, 0.1) is 24.1 Å². The highest BCUT2D eigenvalue weighted by Gasteiger charge is 2.14. The second-order valence-corrected chi connectivity index (χ2v) is 5.09. The fourth-order valence-corrected chi connectivity index (χ4v) is 2.80. The van der Waals surface area contributed by atoms with Crippen LogP contribution < -0.4 is 4.74 Å². The van der Waals surface area contributed by atoms with Crippen LogP contribution in [0.15, 0.2) is 66.9 Å². The van der Waals surface area contributed by atoms with Gasteiger partial charge >= 0.3 is 0 Å². The van der Waals surface area contributed by atoms with Gasteiger partial charge in [0.2, 0.25) is 0 Å². The van der Waals surface area contributed by atoms with Crippen LogP contribution in [0.4, 0.5) is 0 Å². The molecule has 1 aliphatic rings. The number of allylic oxidation sites excluding steroid dienone is 2. The van der Waals surface area contributed by atoms with E-state index >= 15 is 0 Å². The maximum Gasteiger partial charge on any atom is 0.118 e. The second-order valence-electron chi connectivity index (χ2n) is 4.32. The molecule has 0 saturated heterocycles. The van der Waals surface area contributed by atoms with Crippen molar-refractivity contribution < 1.29 is 8.92 Å². The van der Waals surface area contributed by atoms with Crippen molar-refractivity contribution >= 4 is 22.5 Å². The minimum Gasteiger partial charge on any atom is -0.497 e. The molecule has 1 heterocycles. The highest BCUT2D eigenvalue weighted by Crippen LogP contribution is 2.40. The van der Waals surface area contributed by atoms with Crippen molar-refractivity contribution in [2.75, 3.05) is 7.11 Å².